The molecule has 2 heterocycles. The molecule has 1 aromatic heterocycles. The first-order chi connectivity index (χ1) is 8.78. The summed E-state index contributed by atoms with van der Waals surface area (Å²) < 4.78 is 5.39. The van der Waals surface area contributed by atoms with Crippen molar-refractivity contribution in [1.29, 1.82) is 0 Å². The molecule has 1 N–H and O–H groups in total. The molecule has 18 heavy (non-hydrogen) atoms. The summed E-state index contributed by atoms with van der Waals surface area (Å²) in [5, 5.41) is 3.09. The third-order valence-electron chi connectivity index (χ3n) is 3.09. The molecule has 0 unspecified atom stereocenters. The van der Waals surface area contributed by atoms with E-state index in [4.69, 9.17) is 4.74 Å². The number of rotatable bonds is 6. The number of hydrogen-bond acceptors (Lipinski definition) is 5. The molecule has 0 amide bonds. The molecule has 1 aromatic rings. The van der Waals surface area contributed by atoms with Gasteiger partial charge in [-0.05, 0) is 26.3 Å². The van der Waals surface area contributed by atoms with E-state index in [1.54, 1.807) is 0 Å². The number of ether oxygens (including phenoxy) is 1. The summed E-state index contributed by atoms with van der Waals surface area (Å²) in [5.41, 5.74) is 1.15. The standard InChI is InChI=1S/C13H22N4O/c1-3-14-13-15-6-12(7-16-13)9-17(2)8-11-4-5-18-10-11/h6-7,11H,3-5,8-10H2,1-2H3,(H,14,15,16)/t11-/m0/s1. The van der Waals surface area contributed by atoms with Crippen LogP contribution in [-0.2, 0) is 11.3 Å². The van der Waals surface area contributed by atoms with Crippen LogP contribution in [0.15, 0.2) is 12.4 Å². The normalized spacial score (nSPS) is 19.4. The molecule has 0 radical (unpaired) electrons. The maximum Gasteiger partial charge on any atom is 0.222 e. The molecule has 1 aliphatic rings. The molecule has 1 aliphatic heterocycles. The minimum absolute atomic E-state index is 0.678. The fraction of sp³-hybridized carbons (Fsp3) is 0.692. The van der Waals surface area contributed by atoms with Crippen LogP contribution in [0.1, 0.15) is 18.9 Å². The van der Waals surface area contributed by atoms with Gasteiger partial charge < -0.3 is 15.0 Å². The third-order valence-corrected chi connectivity index (χ3v) is 3.09. The quantitative estimate of drug-likeness (QED) is 0.826. The first-order valence-corrected chi connectivity index (χ1v) is 6.59. The van der Waals surface area contributed by atoms with E-state index in [9.17, 15) is 0 Å². The highest BCUT2D eigenvalue weighted by atomic mass is 16.5. The van der Waals surface area contributed by atoms with Gasteiger partial charge in [0.05, 0.1) is 6.61 Å². The van der Waals surface area contributed by atoms with Gasteiger partial charge in [-0.1, -0.05) is 0 Å². The molecule has 5 heteroatoms. The summed E-state index contributed by atoms with van der Waals surface area (Å²) in [6.07, 6.45) is 4.97. The fourth-order valence-electron chi connectivity index (χ4n) is 2.23. The van der Waals surface area contributed by atoms with E-state index >= 15 is 0 Å². The molecule has 2 rings (SSSR count). The van der Waals surface area contributed by atoms with Gasteiger partial charge in [0.1, 0.15) is 0 Å². The van der Waals surface area contributed by atoms with Gasteiger partial charge in [-0.2, -0.15) is 0 Å². The molecule has 0 aliphatic carbocycles. The lowest BCUT2D eigenvalue weighted by molar-refractivity contribution is 0.173. The van der Waals surface area contributed by atoms with Gasteiger partial charge in [-0.3, -0.25) is 0 Å². The van der Waals surface area contributed by atoms with E-state index in [2.05, 4.69) is 27.2 Å². The summed E-state index contributed by atoms with van der Waals surface area (Å²) in [7, 11) is 2.14. The molecular formula is C13H22N4O. The second-order valence-corrected chi connectivity index (χ2v) is 4.87. The van der Waals surface area contributed by atoms with E-state index < -0.39 is 0 Å². The zero-order valence-electron chi connectivity index (χ0n) is 11.2. The van der Waals surface area contributed by atoms with Crippen molar-refractivity contribution in [2.24, 2.45) is 5.92 Å². The van der Waals surface area contributed by atoms with E-state index in [0.29, 0.717) is 11.9 Å². The Labute approximate surface area is 109 Å². The summed E-state index contributed by atoms with van der Waals surface area (Å²) in [4.78, 5) is 10.9. The van der Waals surface area contributed by atoms with Crippen LogP contribution in [0.5, 0.6) is 0 Å². The van der Waals surface area contributed by atoms with Crippen molar-refractivity contribution >= 4 is 5.95 Å². The van der Waals surface area contributed by atoms with Crippen LogP contribution in [-0.4, -0.2) is 48.2 Å². The van der Waals surface area contributed by atoms with Crippen molar-refractivity contribution in [3.05, 3.63) is 18.0 Å². The van der Waals surface area contributed by atoms with E-state index in [1.807, 2.05) is 19.3 Å². The van der Waals surface area contributed by atoms with Crippen molar-refractivity contribution in [3.8, 4) is 0 Å². The SMILES string of the molecule is CCNc1ncc(CN(C)C[C@@H]2CCOC2)cn1. The lowest BCUT2D eigenvalue weighted by atomic mass is 10.1. The van der Waals surface area contributed by atoms with Crippen molar-refractivity contribution in [2.45, 2.75) is 19.9 Å². The van der Waals surface area contributed by atoms with Crippen molar-refractivity contribution < 1.29 is 4.74 Å². The average Bonchev–Trinajstić information content (AvgIpc) is 2.84. The molecule has 1 fully saturated rings. The Kier molecular flexibility index (Phi) is 4.90. The highest BCUT2D eigenvalue weighted by Crippen LogP contribution is 2.14. The van der Waals surface area contributed by atoms with Crippen LogP contribution >= 0.6 is 0 Å². The van der Waals surface area contributed by atoms with Gasteiger partial charge in [0.2, 0.25) is 5.95 Å². The van der Waals surface area contributed by atoms with E-state index in [1.165, 1.54) is 6.42 Å². The molecule has 0 aromatic carbocycles. The number of nitrogens with zero attached hydrogens (tertiary/aromatic N) is 3. The third kappa shape index (κ3) is 3.92. The molecule has 0 spiro atoms. The van der Waals surface area contributed by atoms with E-state index in [0.717, 1.165) is 38.4 Å². The van der Waals surface area contributed by atoms with Crippen LogP contribution in [0.25, 0.3) is 0 Å². The summed E-state index contributed by atoms with van der Waals surface area (Å²) in [6.45, 7) is 6.67. The van der Waals surface area contributed by atoms with Crippen LogP contribution < -0.4 is 5.32 Å². The van der Waals surface area contributed by atoms with Crippen molar-refractivity contribution in [1.82, 2.24) is 14.9 Å². The topological polar surface area (TPSA) is 50.3 Å². The zero-order valence-corrected chi connectivity index (χ0v) is 11.2. The second-order valence-electron chi connectivity index (χ2n) is 4.87. The Hall–Kier alpha value is -1.20. The Morgan fingerprint density at radius 3 is 2.83 bits per heavy atom. The Morgan fingerprint density at radius 1 is 1.44 bits per heavy atom. The van der Waals surface area contributed by atoms with Gasteiger partial charge in [0.15, 0.2) is 0 Å². The average molecular weight is 250 g/mol. The molecule has 0 bridgehead atoms. The predicted molar refractivity (Wildman–Crippen MR) is 71.5 cm³/mol. The molecule has 100 valence electrons. The van der Waals surface area contributed by atoms with Crippen LogP contribution in [0, 0.1) is 5.92 Å². The Morgan fingerprint density at radius 2 is 2.22 bits per heavy atom. The minimum atomic E-state index is 0.678. The molecule has 0 saturated carbocycles. The number of hydrogen-bond donors (Lipinski definition) is 1. The second kappa shape index (κ2) is 6.66. The van der Waals surface area contributed by atoms with Gasteiger partial charge in [0, 0.05) is 44.2 Å². The highest BCUT2D eigenvalue weighted by molar-refractivity contribution is 5.24. The lowest BCUT2D eigenvalue weighted by Crippen LogP contribution is -2.25. The van der Waals surface area contributed by atoms with Gasteiger partial charge >= 0.3 is 0 Å². The summed E-state index contributed by atoms with van der Waals surface area (Å²) in [6, 6.07) is 0. The smallest absolute Gasteiger partial charge is 0.222 e. The molecular weight excluding hydrogens is 228 g/mol. The van der Waals surface area contributed by atoms with Crippen LogP contribution in [0.3, 0.4) is 0 Å². The summed E-state index contributed by atoms with van der Waals surface area (Å²) >= 11 is 0. The Bertz CT molecular complexity index is 349. The lowest BCUT2D eigenvalue weighted by Gasteiger charge is -2.19. The molecule has 1 atom stereocenters. The largest absolute Gasteiger partial charge is 0.381 e. The molecule has 5 nitrogen and oxygen atoms in total. The van der Waals surface area contributed by atoms with Crippen LogP contribution in [0.4, 0.5) is 5.95 Å². The van der Waals surface area contributed by atoms with Crippen molar-refractivity contribution in [2.75, 3.05) is 38.7 Å². The van der Waals surface area contributed by atoms with Gasteiger partial charge in [-0.15, -0.1) is 0 Å². The summed E-state index contributed by atoms with van der Waals surface area (Å²) in [5.74, 6) is 1.38. The number of anilines is 1. The highest BCUT2D eigenvalue weighted by Gasteiger charge is 2.17. The maximum absolute atomic E-state index is 5.39. The predicted octanol–water partition coefficient (Wildman–Crippen LogP) is 1.38. The van der Waals surface area contributed by atoms with Gasteiger partial charge in [0.25, 0.3) is 0 Å². The number of aromatic nitrogens is 2. The van der Waals surface area contributed by atoms with Gasteiger partial charge in [-0.25, -0.2) is 9.97 Å². The molecule has 1 saturated heterocycles. The Balaban J connectivity index is 1.80. The van der Waals surface area contributed by atoms with E-state index in [-0.39, 0.29) is 0 Å². The van der Waals surface area contributed by atoms with Crippen molar-refractivity contribution in [3.63, 3.8) is 0 Å². The fourth-order valence-corrected chi connectivity index (χ4v) is 2.23. The first kappa shape index (κ1) is 13.2. The monoisotopic (exact) mass is 250 g/mol. The zero-order chi connectivity index (χ0) is 12.8. The van der Waals surface area contributed by atoms with Crippen LogP contribution in [0.2, 0.25) is 0 Å². The number of nitrogens with one attached hydrogen (secondary N) is 1. The maximum atomic E-state index is 5.39. The first-order valence-electron chi connectivity index (χ1n) is 6.59. The minimum Gasteiger partial charge on any atom is -0.381 e.